The second-order valence-electron chi connectivity index (χ2n) is 5.67. The number of hydrogen-bond acceptors (Lipinski definition) is 5. The molecule has 1 aromatic heterocycles. The monoisotopic (exact) mass is 345 g/mol. The lowest BCUT2D eigenvalue weighted by Gasteiger charge is -2.16. The number of carbonyl (C=O) groups is 2. The summed E-state index contributed by atoms with van der Waals surface area (Å²) in [6, 6.07) is 8.88. The fraction of sp³-hybridized carbons (Fsp3) is 0.333. The molecular weight excluding hydrogens is 326 g/mol. The summed E-state index contributed by atoms with van der Waals surface area (Å²) in [5.41, 5.74) is 0.941. The maximum Gasteiger partial charge on any atom is 0.261 e. The first-order chi connectivity index (χ1) is 11.5. The molecular formula is C18H19NO4S. The number of ether oxygens (including phenoxy) is 2. The molecule has 1 N–H and O–H groups in total. The summed E-state index contributed by atoms with van der Waals surface area (Å²) in [7, 11) is 0. The van der Waals surface area contributed by atoms with Gasteiger partial charge in [-0.15, -0.1) is 11.3 Å². The summed E-state index contributed by atoms with van der Waals surface area (Å²) in [4.78, 5) is 24.8. The van der Waals surface area contributed by atoms with E-state index in [1.807, 2.05) is 25.1 Å². The number of benzene rings is 1. The Balaban J connectivity index is 1.72. The number of thiophene rings is 1. The molecule has 0 bridgehead atoms. The molecule has 1 aromatic carbocycles. The van der Waals surface area contributed by atoms with Crippen molar-refractivity contribution in [2.24, 2.45) is 0 Å². The molecule has 0 fully saturated rings. The van der Waals surface area contributed by atoms with Gasteiger partial charge in [0.05, 0.1) is 29.0 Å². The first kappa shape index (κ1) is 16.5. The van der Waals surface area contributed by atoms with Crippen LogP contribution in [0.3, 0.4) is 0 Å². The van der Waals surface area contributed by atoms with Gasteiger partial charge in [0.1, 0.15) is 0 Å². The maximum absolute atomic E-state index is 12.3. The summed E-state index contributed by atoms with van der Waals surface area (Å²) >= 11 is 1.21. The van der Waals surface area contributed by atoms with E-state index < -0.39 is 0 Å². The van der Waals surface area contributed by atoms with Crippen molar-refractivity contribution in [1.29, 1.82) is 0 Å². The number of Topliss-reactive ketones (excluding diaryl/α,β-unsaturated/α-hetero) is 1. The highest BCUT2D eigenvalue weighted by Gasteiger charge is 2.17. The Morgan fingerprint density at radius 3 is 2.50 bits per heavy atom. The molecule has 1 aliphatic heterocycles. The Labute approximate surface area is 144 Å². The van der Waals surface area contributed by atoms with Gasteiger partial charge in [0.15, 0.2) is 17.3 Å². The zero-order valence-electron chi connectivity index (χ0n) is 13.6. The van der Waals surface area contributed by atoms with Gasteiger partial charge >= 0.3 is 0 Å². The van der Waals surface area contributed by atoms with Crippen molar-refractivity contribution in [1.82, 2.24) is 5.32 Å². The number of ketones is 1. The molecule has 1 aliphatic rings. The number of rotatable bonds is 4. The van der Waals surface area contributed by atoms with Crippen LogP contribution in [0.4, 0.5) is 0 Å². The van der Waals surface area contributed by atoms with Gasteiger partial charge in [0.2, 0.25) is 0 Å². The predicted molar refractivity (Wildman–Crippen MR) is 92.3 cm³/mol. The molecule has 1 amide bonds. The number of amides is 1. The zero-order chi connectivity index (χ0) is 17.1. The van der Waals surface area contributed by atoms with Crippen LogP contribution < -0.4 is 14.8 Å². The minimum atomic E-state index is -0.188. The third-order valence-electron chi connectivity index (χ3n) is 3.80. The van der Waals surface area contributed by atoms with Crippen molar-refractivity contribution in [2.75, 3.05) is 13.2 Å². The van der Waals surface area contributed by atoms with Crippen LogP contribution in [-0.2, 0) is 0 Å². The fourth-order valence-electron chi connectivity index (χ4n) is 2.45. The SMILES string of the molecule is CC(=O)c1ccc(C(=O)N[C@H](C)c2ccc3c(c2)OCCCO3)s1. The summed E-state index contributed by atoms with van der Waals surface area (Å²) in [6.07, 6.45) is 0.854. The highest BCUT2D eigenvalue weighted by atomic mass is 32.1. The van der Waals surface area contributed by atoms with Crippen LogP contribution in [-0.4, -0.2) is 24.9 Å². The van der Waals surface area contributed by atoms with E-state index in [1.165, 1.54) is 18.3 Å². The Morgan fingerprint density at radius 1 is 1.08 bits per heavy atom. The van der Waals surface area contributed by atoms with Crippen molar-refractivity contribution in [3.63, 3.8) is 0 Å². The Kier molecular flexibility index (Phi) is 4.85. The van der Waals surface area contributed by atoms with E-state index in [2.05, 4.69) is 5.32 Å². The van der Waals surface area contributed by atoms with Gasteiger partial charge in [-0.05, 0) is 43.7 Å². The lowest BCUT2D eigenvalue weighted by Crippen LogP contribution is -2.25. The third kappa shape index (κ3) is 3.59. The van der Waals surface area contributed by atoms with E-state index in [0.717, 1.165) is 17.7 Å². The molecule has 0 radical (unpaired) electrons. The van der Waals surface area contributed by atoms with E-state index in [0.29, 0.717) is 28.7 Å². The van der Waals surface area contributed by atoms with Crippen LogP contribution in [0.15, 0.2) is 30.3 Å². The van der Waals surface area contributed by atoms with Crippen LogP contribution in [0.2, 0.25) is 0 Å². The molecule has 0 saturated heterocycles. The van der Waals surface area contributed by atoms with Gasteiger partial charge in [-0.2, -0.15) is 0 Å². The van der Waals surface area contributed by atoms with E-state index in [4.69, 9.17) is 9.47 Å². The third-order valence-corrected chi connectivity index (χ3v) is 4.98. The minimum absolute atomic E-state index is 0.0324. The van der Waals surface area contributed by atoms with Crippen molar-refractivity contribution in [2.45, 2.75) is 26.3 Å². The lowest BCUT2D eigenvalue weighted by atomic mass is 10.1. The second kappa shape index (κ2) is 7.05. The van der Waals surface area contributed by atoms with E-state index >= 15 is 0 Å². The van der Waals surface area contributed by atoms with Crippen LogP contribution in [0.1, 0.15) is 51.2 Å². The molecule has 0 spiro atoms. The van der Waals surface area contributed by atoms with Gasteiger partial charge < -0.3 is 14.8 Å². The Bertz CT molecular complexity index is 768. The largest absolute Gasteiger partial charge is 0.490 e. The highest BCUT2D eigenvalue weighted by molar-refractivity contribution is 7.15. The molecule has 24 heavy (non-hydrogen) atoms. The number of fused-ring (bicyclic) bond motifs is 1. The molecule has 3 rings (SSSR count). The van der Waals surface area contributed by atoms with Crippen molar-refractivity contribution in [3.05, 3.63) is 45.6 Å². The first-order valence-electron chi connectivity index (χ1n) is 7.86. The molecule has 6 heteroatoms. The molecule has 0 aliphatic carbocycles. The van der Waals surface area contributed by atoms with E-state index in [9.17, 15) is 9.59 Å². The average Bonchev–Trinajstić information content (AvgIpc) is 2.94. The van der Waals surface area contributed by atoms with Crippen molar-refractivity contribution >= 4 is 23.0 Å². The number of carbonyl (C=O) groups excluding carboxylic acids is 2. The summed E-state index contributed by atoms with van der Waals surface area (Å²) in [6.45, 7) is 4.68. The van der Waals surface area contributed by atoms with E-state index in [-0.39, 0.29) is 17.7 Å². The van der Waals surface area contributed by atoms with Crippen LogP contribution in [0.5, 0.6) is 11.5 Å². The first-order valence-corrected chi connectivity index (χ1v) is 8.67. The van der Waals surface area contributed by atoms with Crippen molar-refractivity contribution < 1.29 is 19.1 Å². The van der Waals surface area contributed by atoms with Crippen LogP contribution in [0.25, 0.3) is 0 Å². The highest BCUT2D eigenvalue weighted by Crippen LogP contribution is 2.32. The smallest absolute Gasteiger partial charge is 0.261 e. The normalized spacial score (nSPS) is 14.6. The topological polar surface area (TPSA) is 64.6 Å². The van der Waals surface area contributed by atoms with Crippen molar-refractivity contribution in [3.8, 4) is 11.5 Å². The minimum Gasteiger partial charge on any atom is -0.490 e. The number of hydrogen-bond donors (Lipinski definition) is 1. The van der Waals surface area contributed by atoms with Gasteiger partial charge in [-0.25, -0.2) is 0 Å². The van der Waals surface area contributed by atoms with Gasteiger partial charge in [0, 0.05) is 6.42 Å². The van der Waals surface area contributed by atoms with Gasteiger partial charge in [-0.3, -0.25) is 9.59 Å². The Hall–Kier alpha value is -2.34. The molecule has 5 nitrogen and oxygen atoms in total. The summed E-state index contributed by atoms with van der Waals surface area (Å²) in [5.74, 6) is 1.22. The quantitative estimate of drug-likeness (QED) is 0.860. The summed E-state index contributed by atoms with van der Waals surface area (Å²) < 4.78 is 11.3. The van der Waals surface area contributed by atoms with Gasteiger partial charge in [0.25, 0.3) is 5.91 Å². The number of nitrogens with one attached hydrogen (secondary N) is 1. The van der Waals surface area contributed by atoms with Crippen LogP contribution >= 0.6 is 11.3 Å². The standard InChI is InChI=1S/C18H19NO4S/c1-11(19-18(21)17-7-6-16(24-17)12(2)20)13-4-5-14-15(10-13)23-9-3-8-22-14/h4-7,10-11H,3,8-9H2,1-2H3,(H,19,21)/t11-/m1/s1. The maximum atomic E-state index is 12.3. The second-order valence-corrected chi connectivity index (χ2v) is 6.76. The lowest BCUT2D eigenvalue weighted by molar-refractivity contribution is 0.0943. The molecule has 126 valence electrons. The molecule has 2 aromatic rings. The Morgan fingerprint density at radius 2 is 1.79 bits per heavy atom. The van der Waals surface area contributed by atoms with Crippen LogP contribution in [0, 0.1) is 0 Å². The average molecular weight is 345 g/mol. The summed E-state index contributed by atoms with van der Waals surface area (Å²) in [5, 5.41) is 2.95. The predicted octanol–water partition coefficient (Wildman–Crippen LogP) is 3.60. The molecule has 1 atom stereocenters. The van der Waals surface area contributed by atoms with E-state index in [1.54, 1.807) is 12.1 Å². The molecule has 0 unspecified atom stereocenters. The van der Waals surface area contributed by atoms with Gasteiger partial charge in [-0.1, -0.05) is 6.07 Å². The molecule has 0 saturated carbocycles. The fourth-order valence-corrected chi connectivity index (χ4v) is 3.25. The zero-order valence-corrected chi connectivity index (χ0v) is 14.4. The molecule has 2 heterocycles.